The standard InChI is InChI=1S/C22H15ClN2O3S/c1-22(11-15(12-24-22)17(26)13-7-9-16(23)10-8-13)19-18(21(27)28)29-20(25-19)14-5-3-2-4-6-14/h2-12H,1H3,(H,27,28). The third-order valence-electron chi connectivity index (χ3n) is 4.60. The molecule has 1 aliphatic heterocycles. The molecule has 5 nitrogen and oxygen atoms in total. The van der Waals surface area contributed by atoms with Crippen LogP contribution in [0.4, 0.5) is 0 Å². The van der Waals surface area contributed by atoms with Crippen molar-refractivity contribution in [3.8, 4) is 10.6 Å². The van der Waals surface area contributed by atoms with Crippen molar-refractivity contribution in [1.82, 2.24) is 4.98 Å². The number of Topliss-reactive ketones (excluding diaryl/α,β-unsaturated/α-hetero) is 1. The Labute approximate surface area is 176 Å². The van der Waals surface area contributed by atoms with Crippen LogP contribution < -0.4 is 0 Å². The second kappa shape index (κ2) is 7.39. The van der Waals surface area contributed by atoms with E-state index in [1.807, 2.05) is 30.3 Å². The Kier molecular flexibility index (Phi) is 4.90. The molecule has 0 amide bonds. The minimum atomic E-state index is -1.07. The number of nitrogens with zero attached hydrogens (tertiary/aromatic N) is 2. The van der Waals surface area contributed by atoms with Crippen LogP contribution in [0.25, 0.3) is 10.6 Å². The van der Waals surface area contributed by atoms with Gasteiger partial charge in [-0.05, 0) is 37.3 Å². The highest BCUT2D eigenvalue weighted by atomic mass is 35.5. The fraction of sp³-hybridized carbons (Fsp3) is 0.0909. The molecule has 144 valence electrons. The van der Waals surface area contributed by atoms with Crippen LogP contribution in [0.1, 0.15) is 32.6 Å². The molecule has 0 saturated carbocycles. The summed E-state index contributed by atoms with van der Waals surface area (Å²) in [6.45, 7) is 1.75. The number of allylic oxidation sites excluding steroid dienone is 1. The van der Waals surface area contributed by atoms with E-state index in [-0.39, 0.29) is 10.7 Å². The molecular weight excluding hydrogens is 408 g/mol. The van der Waals surface area contributed by atoms with Gasteiger partial charge in [0.1, 0.15) is 15.4 Å². The van der Waals surface area contributed by atoms with E-state index in [0.717, 1.165) is 16.9 Å². The Morgan fingerprint density at radius 1 is 1.07 bits per heavy atom. The topological polar surface area (TPSA) is 79.6 Å². The molecule has 1 N–H and O–H groups in total. The van der Waals surface area contributed by atoms with Gasteiger partial charge < -0.3 is 5.11 Å². The van der Waals surface area contributed by atoms with Crippen molar-refractivity contribution in [1.29, 1.82) is 0 Å². The number of halogens is 1. The van der Waals surface area contributed by atoms with Gasteiger partial charge in [-0.15, -0.1) is 11.3 Å². The first kappa shape index (κ1) is 19.2. The molecule has 1 aromatic heterocycles. The summed E-state index contributed by atoms with van der Waals surface area (Å²) in [5.41, 5.74) is 0.995. The van der Waals surface area contributed by atoms with Crippen molar-refractivity contribution >= 4 is 40.9 Å². The third kappa shape index (κ3) is 3.64. The Balaban J connectivity index is 1.74. The number of carbonyl (C=O) groups is 2. The predicted octanol–water partition coefficient (Wildman–Crippen LogP) is 5.27. The van der Waals surface area contributed by atoms with E-state index in [1.165, 1.54) is 6.21 Å². The van der Waals surface area contributed by atoms with E-state index >= 15 is 0 Å². The largest absolute Gasteiger partial charge is 0.477 e. The quantitative estimate of drug-likeness (QED) is 0.568. The number of thiazole rings is 1. The van der Waals surface area contributed by atoms with Crippen molar-refractivity contribution in [3.05, 3.63) is 87.4 Å². The van der Waals surface area contributed by atoms with E-state index in [4.69, 9.17) is 11.6 Å². The molecule has 1 unspecified atom stereocenters. The Bertz CT molecular complexity index is 1170. The van der Waals surface area contributed by atoms with Gasteiger partial charge in [0.05, 0.1) is 5.69 Å². The molecule has 1 aliphatic rings. The lowest BCUT2D eigenvalue weighted by molar-refractivity contribution is 0.0699. The van der Waals surface area contributed by atoms with E-state index in [2.05, 4.69) is 9.98 Å². The Hall–Kier alpha value is -3.09. The number of ketones is 1. The van der Waals surface area contributed by atoms with Gasteiger partial charge in [-0.3, -0.25) is 9.79 Å². The fourth-order valence-corrected chi connectivity index (χ4v) is 4.26. The Morgan fingerprint density at radius 2 is 1.76 bits per heavy atom. The maximum Gasteiger partial charge on any atom is 0.347 e. The second-order valence-electron chi connectivity index (χ2n) is 6.71. The lowest BCUT2D eigenvalue weighted by Gasteiger charge is -2.16. The van der Waals surface area contributed by atoms with E-state index in [0.29, 0.717) is 26.9 Å². The first-order valence-corrected chi connectivity index (χ1v) is 9.95. The molecule has 0 saturated heterocycles. The van der Waals surface area contributed by atoms with Gasteiger partial charge in [0, 0.05) is 27.9 Å². The summed E-state index contributed by atoms with van der Waals surface area (Å²) in [4.78, 5) is 33.8. The molecule has 29 heavy (non-hydrogen) atoms. The first-order chi connectivity index (χ1) is 13.9. The van der Waals surface area contributed by atoms with Gasteiger partial charge in [-0.2, -0.15) is 0 Å². The molecule has 0 bridgehead atoms. The smallest absolute Gasteiger partial charge is 0.347 e. The van der Waals surface area contributed by atoms with Crippen molar-refractivity contribution in [3.63, 3.8) is 0 Å². The van der Waals surface area contributed by atoms with Crippen molar-refractivity contribution in [2.24, 2.45) is 4.99 Å². The molecule has 2 heterocycles. The average molecular weight is 423 g/mol. The van der Waals surface area contributed by atoms with Crippen LogP contribution in [0.5, 0.6) is 0 Å². The zero-order valence-corrected chi connectivity index (χ0v) is 16.9. The minimum absolute atomic E-state index is 0.111. The van der Waals surface area contributed by atoms with Crippen molar-refractivity contribution in [2.75, 3.05) is 0 Å². The summed E-state index contributed by atoms with van der Waals surface area (Å²) < 4.78 is 0. The number of aliphatic imine (C=N–C) groups is 1. The van der Waals surface area contributed by atoms with Crippen molar-refractivity contribution < 1.29 is 14.7 Å². The summed E-state index contributed by atoms with van der Waals surface area (Å²) in [7, 11) is 0. The van der Waals surface area contributed by atoms with E-state index < -0.39 is 11.5 Å². The number of hydrogen-bond acceptors (Lipinski definition) is 5. The third-order valence-corrected chi connectivity index (χ3v) is 5.94. The summed E-state index contributed by atoms with van der Waals surface area (Å²) in [5.74, 6) is -1.27. The summed E-state index contributed by atoms with van der Waals surface area (Å²) >= 11 is 6.99. The molecule has 0 fully saturated rings. The molecule has 0 radical (unpaired) electrons. The highest BCUT2D eigenvalue weighted by Gasteiger charge is 2.36. The van der Waals surface area contributed by atoms with E-state index in [9.17, 15) is 14.7 Å². The number of rotatable bonds is 5. The SMILES string of the molecule is CC1(c2nc(-c3ccccc3)sc2C(=O)O)C=C(C(=O)c2ccc(Cl)cc2)C=N1. The van der Waals surface area contributed by atoms with Crippen LogP contribution in [0.2, 0.25) is 5.02 Å². The second-order valence-corrected chi connectivity index (χ2v) is 8.14. The molecule has 3 aromatic rings. The number of aromatic carboxylic acids is 1. The molecular formula is C22H15ClN2O3S. The first-order valence-electron chi connectivity index (χ1n) is 8.76. The van der Waals surface area contributed by atoms with Crippen LogP contribution >= 0.6 is 22.9 Å². The zero-order chi connectivity index (χ0) is 20.6. The van der Waals surface area contributed by atoms with Crippen molar-refractivity contribution in [2.45, 2.75) is 12.5 Å². The number of carboxylic acids is 1. The maximum atomic E-state index is 12.8. The number of aromatic nitrogens is 1. The molecule has 2 aromatic carbocycles. The number of hydrogen-bond donors (Lipinski definition) is 1. The van der Waals surface area contributed by atoms with Gasteiger partial charge in [-0.25, -0.2) is 9.78 Å². The van der Waals surface area contributed by atoms with Crippen LogP contribution in [-0.2, 0) is 5.54 Å². The van der Waals surface area contributed by atoms with Gasteiger partial charge in [0.25, 0.3) is 0 Å². The molecule has 7 heteroatoms. The van der Waals surface area contributed by atoms with Gasteiger partial charge in [0.2, 0.25) is 0 Å². The average Bonchev–Trinajstić information content (AvgIpc) is 3.34. The lowest BCUT2D eigenvalue weighted by atomic mass is 9.95. The lowest BCUT2D eigenvalue weighted by Crippen LogP contribution is -2.18. The van der Waals surface area contributed by atoms with Gasteiger partial charge in [0.15, 0.2) is 5.78 Å². The molecule has 1 atom stereocenters. The van der Waals surface area contributed by atoms with Gasteiger partial charge in [-0.1, -0.05) is 41.9 Å². The Morgan fingerprint density at radius 3 is 2.41 bits per heavy atom. The predicted molar refractivity (Wildman–Crippen MR) is 114 cm³/mol. The zero-order valence-electron chi connectivity index (χ0n) is 15.3. The van der Waals surface area contributed by atoms with E-state index in [1.54, 1.807) is 37.3 Å². The maximum absolute atomic E-state index is 12.8. The summed E-state index contributed by atoms with van der Waals surface area (Å²) in [6.07, 6.45) is 3.14. The van der Waals surface area contributed by atoms with Gasteiger partial charge >= 0.3 is 5.97 Å². The molecule has 4 rings (SSSR count). The summed E-state index contributed by atoms with van der Waals surface area (Å²) in [6, 6.07) is 16.0. The number of benzene rings is 2. The van der Waals surface area contributed by atoms with Crippen LogP contribution in [-0.4, -0.2) is 28.1 Å². The highest BCUT2D eigenvalue weighted by Crippen LogP contribution is 2.39. The summed E-state index contributed by atoms with van der Waals surface area (Å²) in [5, 5.41) is 10.8. The molecule has 0 aliphatic carbocycles. The molecule has 0 spiro atoms. The highest BCUT2D eigenvalue weighted by molar-refractivity contribution is 7.17. The fourth-order valence-electron chi connectivity index (χ4n) is 3.11. The van der Waals surface area contributed by atoms with Crippen LogP contribution in [0.3, 0.4) is 0 Å². The normalized spacial score (nSPS) is 17.9. The number of carboxylic acid groups (broad SMARTS) is 1. The van der Waals surface area contributed by atoms with Crippen LogP contribution in [0, 0.1) is 0 Å². The monoisotopic (exact) mass is 422 g/mol. The minimum Gasteiger partial charge on any atom is -0.477 e. The number of carbonyl (C=O) groups excluding carboxylic acids is 1. The van der Waals surface area contributed by atoms with Crippen LogP contribution in [0.15, 0.2) is 71.2 Å².